The monoisotopic (exact) mass is 259 g/mol. The normalized spacial score (nSPS) is 12.6. The Morgan fingerprint density at radius 2 is 2.32 bits per heavy atom. The molecule has 0 bridgehead atoms. The predicted octanol–water partition coefficient (Wildman–Crippen LogP) is 3.03. The molecule has 1 heterocycles. The van der Waals surface area contributed by atoms with Gasteiger partial charge in [-0.2, -0.15) is 0 Å². The minimum atomic E-state index is -0.0386. The second-order valence-electron chi connectivity index (χ2n) is 4.62. The molecule has 0 fully saturated rings. The van der Waals surface area contributed by atoms with Gasteiger partial charge in [-0.1, -0.05) is 19.4 Å². The number of imidazole rings is 1. The fourth-order valence-electron chi connectivity index (χ4n) is 2.30. The van der Waals surface area contributed by atoms with Gasteiger partial charge in [-0.3, -0.25) is 0 Å². The van der Waals surface area contributed by atoms with Crippen LogP contribution in [-0.2, 0) is 6.54 Å². The van der Waals surface area contributed by atoms with Crippen LogP contribution in [0.4, 0.5) is 0 Å². The molecule has 19 heavy (non-hydrogen) atoms. The fraction of sp³-hybridized carbons (Fsp3) is 0.400. The first kappa shape index (κ1) is 13.6. The quantitative estimate of drug-likeness (QED) is 0.811. The number of methoxy groups -OCH3 is 1. The molecule has 1 aromatic heterocycles. The minimum absolute atomic E-state index is 0.0386. The van der Waals surface area contributed by atoms with Gasteiger partial charge in [0.05, 0.1) is 24.2 Å². The number of ether oxygens (including phenoxy) is 1. The Morgan fingerprint density at radius 3 is 2.95 bits per heavy atom. The first-order chi connectivity index (χ1) is 9.21. The summed E-state index contributed by atoms with van der Waals surface area (Å²) in [5.74, 6) is 1.73. The molecular weight excluding hydrogens is 238 g/mol. The van der Waals surface area contributed by atoms with Gasteiger partial charge in [-0.25, -0.2) is 4.98 Å². The van der Waals surface area contributed by atoms with Crippen molar-refractivity contribution in [3.63, 3.8) is 0 Å². The standard InChI is InChI=1S/C15H21N3O/c1-4-6-12(16)15-17-13-10-11(19-3)7-8-14(13)18(15)9-5-2/h5,7-8,10,12H,2,4,6,9,16H2,1,3H3. The van der Waals surface area contributed by atoms with E-state index >= 15 is 0 Å². The number of hydrogen-bond donors (Lipinski definition) is 1. The summed E-state index contributed by atoms with van der Waals surface area (Å²) in [6.45, 7) is 6.65. The van der Waals surface area contributed by atoms with Crippen LogP contribution in [0.25, 0.3) is 11.0 Å². The highest BCUT2D eigenvalue weighted by Crippen LogP contribution is 2.25. The summed E-state index contributed by atoms with van der Waals surface area (Å²) in [6.07, 6.45) is 3.84. The SMILES string of the molecule is C=CCn1c(C(N)CCC)nc2cc(OC)ccc21. The van der Waals surface area contributed by atoms with Gasteiger partial charge in [-0.05, 0) is 18.6 Å². The zero-order valence-electron chi connectivity index (χ0n) is 11.6. The van der Waals surface area contributed by atoms with E-state index in [9.17, 15) is 0 Å². The third-order valence-corrected chi connectivity index (χ3v) is 3.23. The molecule has 2 rings (SSSR count). The third kappa shape index (κ3) is 2.63. The fourth-order valence-corrected chi connectivity index (χ4v) is 2.30. The smallest absolute Gasteiger partial charge is 0.127 e. The van der Waals surface area contributed by atoms with Crippen molar-refractivity contribution in [3.05, 3.63) is 36.7 Å². The van der Waals surface area contributed by atoms with E-state index in [2.05, 4.69) is 23.1 Å². The summed E-state index contributed by atoms with van der Waals surface area (Å²) in [4.78, 5) is 4.67. The highest BCUT2D eigenvalue weighted by Gasteiger charge is 2.16. The van der Waals surface area contributed by atoms with Crippen molar-refractivity contribution in [3.8, 4) is 5.75 Å². The largest absolute Gasteiger partial charge is 0.497 e. The summed E-state index contributed by atoms with van der Waals surface area (Å²) in [6, 6.07) is 5.87. The number of benzene rings is 1. The maximum Gasteiger partial charge on any atom is 0.127 e. The number of allylic oxidation sites excluding steroid dienone is 1. The molecule has 1 atom stereocenters. The second kappa shape index (κ2) is 5.89. The molecule has 0 spiro atoms. The number of nitrogens with two attached hydrogens (primary N) is 1. The van der Waals surface area contributed by atoms with E-state index in [4.69, 9.17) is 10.5 Å². The highest BCUT2D eigenvalue weighted by atomic mass is 16.5. The molecular formula is C15H21N3O. The van der Waals surface area contributed by atoms with Crippen molar-refractivity contribution in [2.75, 3.05) is 7.11 Å². The lowest BCUT2D eigenvalue weighted by atomic mass is 10.2. The molecule has 2 aromatic rings. The lowest BCUT2D eigenvalue weighted by Crippen LogP contribution is -2.16. The Hall–Kier alpha value is -1.81. The lowest BCUT2D eigenvalue weighted by molar-refractivity contribution is 0.415. The molecule has 4 heteroatoms. The number of rotatable bonds is 6. The van der Waals surface area contributed by atoms with E-state index in [1.165, 1.54) is 0 Å². The number of fused-ring (bicyclic) bond motifs is 1. The van der Waals surface area contributed by atoms with Crippen molar-refractivity contribution >= 4 is 11.0 Å². The van der Waals surface area contributed by atoms with Gasteiger partial charge in [-0.15, -0.1) is 6.58 Å². The van der Waals surface area contributed by atoms with Crippen molar-refractivity contribution in [1.82, 2.24) is 9.55 Å². The van der Waals surface area contributed by atoms with Gasteiger partial charge >= 0.3 is 0 Å². The Labute approximate surface area is 113 Å². The molecule has 2 N–H and O–H groups in total. The van der Waals surface area contributed by atoms with Gasteiger partial charge in [0, 0.05) is 12.6 Å². The van der Waals surface area contributed by atoms with Crippen LogP contribution in [0.1, 0.15) is 31.6 Å². The first-order valence-corrected chi connectivity index (χ1v) is 6.61. The van der Waals surface area contributed by atoms with Crippen molar-refractivity contribution in [2.24, 2.45) is 5.73 Å². The first-order valence-electron chi connectivity index (χ1n) is 6.61. The summed E-state index contributed by atoms with van der Waals surface area (Å²) in [5.41, 5.74) is 8.21. The number of hydrogen-bond acceptors (Lipinski definition) is 3. The minimum Gasteiger partial charge on any atom is -0.497 e. The maximum atomic E-state index is 6.22. The van der Waals surface area contributed by atoms with E-state index in [0.29, 0.717) is 0 Å². The predicted molar refractivity (Wildman–Crippen MR) is 78.3 cm³/mol. The maximum absolute atomic E-state index is 6.22. The van der Waals surface area contributed by atoms with Gasteiger partial charge in [0.1, 0.15) is 11.6 Å². The van der Waals surface area contributed by atoms with E-state index in [1.54, 1.807) is 7.11 Å². The molecule has 1 aromatic carbocycles. The van der Waals surface area contributed by atoms with E-state index < -0.39 is 0 Å². The summed E-state index contributed by atoms with van der Waals surface area (Å²) in [5, 5.41) is 0. The van der Waals surface area contributed by atoms with Crippen LogP contribution < -0.4 is 10.5 Å². The van der Waals surface area contributed by atoms with Crippen LogP contribution >= 0.6 is 0 Å². The molecule has 0 radical (unpaired) electrons. The number of aromatic nitrogens is 2. The van der Waals surface area contributed by atoms with Crippen LogP contribution in [0.15, 0.2) is 30.9 Å². The van der Waals surface area contributed by atoms with Gasteiger partial charge in [0.2, 0.25) is 0 Å². The molecule has 0 aliphatic rings. The van der Waals surface area contributed by atoms with Crippen LogP contribution in [0.5, 0.6) is 5.75 Å². The molecule has 0 aliphatic heterocycles. The third-order valence-electron chi connectivity index (χ3n) is 3.23. The highest BCUT2D eigenvalue weighted by molar-refractivity contribution is 5.78. The summed E-state index contributed by atoms with van der Waals surface area (Å²) in [7, 11) is 1.66. The van der Waals surface area contributed by atoms with Crippen LogP contribution in [0.3, 0.4) is 0 Å². The molecule has 1 unspecified atom stereocenters. The van der Waals surface area contributed by atoms with Gasteiger partial charge < -0.3 is 15.0 Å². The van der Waals surface area contributed by atoms with Crippen molar-refractivity contribution in [1.29, 1.82) is 0 Å². The van der Waals surface area contributed by atoms with Gasteiger partial charge in [0.15, 0.2) is 0 Å². The van der Waals surface area contributed by atoms with Crippen LogP contribution in [0.2, 0.25) is 0 Å². The molecule has 0 amide bonds. The van der Waals surface area contributed by atoms with E-state index in [-0.39, 0.29) is 6.04 Å². The van der Waals surface area contributed by atoms with Crippen LogP contribution in [-0.4, -0.2) is 16.7 Å². The van der Waals surface area contributed by atoms with E-state index in [0.717, 1.165) is 42.0 Å². The Kier molecular flexibility index (Phi) is 4.22. The Morgan fingerprint density at radius 1 is 1.53 bits per heavy atom. The lowest BCUT2D eigenvalue weighted by Gasteiger charge is -2.12. The topological polar surface area (TPSA) is 53.1 Å². The molecule has 4 nitrogen and oxygen atoms in total. The zero-order chi connectivity index (χ0) is 13.8. The number of nitrogens with zero attached hydrogens (tertiary/aromatic N) is 2. The second-order valence-corrected chi connectivity index (χ2v) is 4.62. The molecule has 0 aliphatic carbocycles. The van der Waals surface area contributed by atoms with Gasteiger partial charge in [0.25, 0.3) is 0 Å². The Balaban J connectivity index is 2.54. The summed E-state index contributed by atoms with van der Waals surface area (Å²) < 4.78 is 7.37. The van der Waals surface area contributed by atoms with Crippen molar-refractivity contribution < 1.29 is 4.74 Å². The van der Waals surface area contributed by atoms with Crippen molar-refractivity contribution in [2.45, 2.75) is 32.4 Å². The molecule has 0 saturated carbocycles. The zero-order valence-corrected chi connectivity index (χ0v) is 11.6. The average molecular weight is 259 g/mol. The summed E-state index contributed by atoms with van der Waals surface area (Å²) >= 11 is 0. The van der Waals surface area contributed by atoms with Crippen LogP contribution in [0, 0.1) is 0 Å². The van der Waals surface area contributed by atoms with E-state index in [1.807, 2.05) is 24.3 Å². The molecule has 102 valence electrons. The Bertz CT molecular complexity index is 574. The average Bonchev–Trinajstić information content (AvgIpc) is 2.77. The molecule has 0 saturated heterocycles.